The molecule has 0 amide bonds. The Morgan fingerprint density at radius 2 is 1.80 bits per heavy atom. The largest absolute Gasteiger partial charge is 0.493 e. The van der Waals surface area contributed by atoms with Crippen molar-refractivity contribution in [2.45, 2.75) is 24.8 Å². The molecule has 8 heteroatoms. The molecule has 1 aromatic carbocycles. The molecule has 112 valence electrons. The summed E-state index contributed by atoms with van der Waals surface area (Å²) in [6.45, 7) is 3.36. The van der Waals surface area contributed by atoms with Crippen molar-refractivity contribution in [3.05, 3.63) is 17.7 Å². The maximum Gasteiger partial charge on any atom is 0.338 e. The van der Waals surface area contributed by atoms with Crippen LogP contribution in [0.2, 0.25) is 0 Å². The standard InChI is InChI=1S/C12H15ClO6S/c1-7(2)19-12(14)8-5-9(17-3)11(18-4)10(6-8)20(13,15)16/h5-7H,1-4H3. The van der Waals surface area contributed by atoms with E-state index in [0.29, 0.717) is 0 Å². The highest BCUT2D eigenvalue weighted by atomic mass is 35.7. The van der Waals surface area contributed by atoms with Crippen LogP contribution in [0.5, 0.6) is 11.5 Å². The molecule has 0 aliphatic rings. The molecule has 0 aromatic heterocycles. The molecule has 1 aromatic rings. The molecule has 0 atom stereocenters. The Labute approximate surface area is 122 Å². The Bertz CT molecular complexity index is 609. The monoisotopic (exact) mass is 322 g/mol. The molecular weight excluding hydrogens is 308 g/mol. The summed E-state index contributed by atoms with van der Waals surface area (Å²) >= 11 is 0. The molecule has 0 aliphatic heterocycles. The maximum atomic E-state index is 11.8. The maximum absolute atomic E-state index is 11.8. The van der Waals surface area contributed by atoms with Crippen LogP contribution in [-0.4, -0.2) is 34.7 Å². The van der Waals surface area contributed by atoms with Crippen LogP contribution in [0.1, 0.15) is 24.2 Å². The van der Waals surface area contributed by atoms with Crippen LogP contribution in [0.15, 0.2) is 17.0 Å². The average Bonchev–Trinajstić information content (AvgIpc) is 2.34. The first-order valence-corrected chi connectivity index (χ1v) is 7.93. The molecular formula is C12H15ClO6S. The van der Waals surface area contributed by atoms with Gasteiger partial charge in [0, 0.05) is 10.7 Å². The molecule has 0 saturated heterocycles. The molecule has 0 radical (unpaired) electrons. The van der Waals surface area contributed by atoms with Crippen molar-refractivity contribution >= 4 is 25.7 Å². The Morgan fingerprint density at radius 3 is 2.20 bits per heavy atom. The number of methoxy groups -OCH3 is 2. The van der Waals surface area contributed by atoms with Gasteiger partial charge in [0.05, 0.1) is 25.9 Å². The molecule has 0 heterocycles. The number of esters is 1. The quantitative estimate of drug-likeness (QED) is 0.611. The Kier molecular flexibility index (Phi) is 5.24. The minimum atomic E-state index is -4.10. The van der Waals surface area contributed by atoms with Gasteiger partial charge in [0.1, 0.15) is 4.90 Å². The molecule has 20 heavy (non-hydrogen) atoms. The van der Waals surface area contributed by atoms with Gasteiger partial charge < -0.3 is 14.2 Å². The second kappa shape index (κ2) is 6.32. The van der Waals surface area contributed by atoms with E-state index in [1.807, 2.05) is 0 Å². The number of hydrogen-bond acceptors (Lipinski definition) is 6. The van der Waals surface area contributed by atoms with Gasteiger partial charge in [0.2, 0.25) is 0 Å². The third kappa shape index (κ3) is 3.77. The van der Waals surface area contributed by atoms with Crippen molar-refractivity contribution < 1.29 is 27.4 Å². The van der Waals surface area contributed by atoms with E-state index in [9.17, 15) is 13.2 Å². The molecule has 0 aliphatic carbocycles. The van der Waals surface area contributed by atoms with E-state index < -0.39 is 15.0 Å². The molecule has 0 fully saturated rings. The van der Waals surface area contributed by atoms with Gasteiger partial charge in [-0.25, -0.2) is 13.2 Å². The first-order valence-electron chi connectivity index (χ1n) is 5.62. The van der Waals surface area contributed by atoms with E-state index in [1.165, 1.54) is 20.3 Å². The van der Waals surface area contributed by atoms with Gasteiger partial charge in [0.15, 0.2) is 11.5 Å². The molecule has 0 saturated carbocycles. The predicted molar refractivity (Wildman–Crippen MR) is 73.1 cm³/mol. The highest BCUT2D eigenvalue weighted by molar-refractivity contribution is 8.13. The molecule has 0 spiro atoms. The van der Waals surface area contributed by atoms with Crippen molar-refractivity contribution in [1.82, 2.24) is 0 Å². The molecule has 1 rings (SSSR count). The number of halogens is 1. The Hall–Kier alpha value is -1.47. The zero-order valence-corrected chi connectivity index (χ0v) is 13.0. The van der Waals surface area contributed by atoms with Crippen molar-refractivity contribution in [2.24, 2.45) is 0 Å². The van der Waals surface area contributed by atoms with Crippen LogP contribution in [0.3, 0.4) is 0 Å². The zero-order chi connectivity index (χ0) is 15.5. The van der Waals surface area contributed by atoms with E-state index in [1.54, 1.807) is 13.8 Å². The van der Waals surface area contributed by atoms with Crippen LogP contribution in [0.25, 0.3) is 0 Å². The topological polar surface area (TPSA) is 78.9 Å². The lowest BCUT2D eigenvalue weighted by molar-refractivity contribution is 0.0377. The minimum Gasteiger partial charge on any atom is -0.493 e. The fourth-order valence-electron chi connectivity index (χ4n) is 1.51. The summed E-state index contributed by atoms with van der Waals surface area (Å²) < 4.78 is 38.1. The summed E-state index contributed by atoms with van der Waals surface area (Å²) in [4.78, 5) is 11.5. The fraction of sp³-hybridized carbons (Fsp3) is 0.417. The second-order valence-corrected chi connectivity index (χ2v) is 6.64. The smallest absolute Gasteiger partial charge is 0.338 e. The van der Waals surface area contributed by atoms with Gasteiger partial charge >= 0.3 is 5.97 Å². The van der Waals surface area contributed by atoms with Gasteiger partial charge in [-0.15, -0.1) is 0 Å². The lowest BCUT2D eigenvalue weighted by Crippen LogP contribution is -2.13. The average molecular weight is 323 g/mol. The van der Waals surface area contributed by atoms with Crippen molar-refractivity contribution in [3.63, 3.8) is 0 Å². The summed E-state index contributed by atoms with van der Waals surface area (Å²) in [5.74, 6) is -0.670. The predicted octanol–water partition coefficient (Wildman–Crippen LogP) is 2.20. The van der Waals surface area contributed by atoms with Crippen LogP contribution in [0, 0.1) is 0 Å². The van der Waals surface area contributed by atoms with Crippen LogP contribution in [-0.2, 0) is 13.8 Å². The molecule has 0 N–H and O–H groups in total. The summed E-state index contributed by atoms with van der Waals surface area (Å²) in [5, 5.41) is 0. The summed E-state index contributed by atoms with van der Waals surface area (Å²) in [6.07, 6.45) is -0.341. The normalized spacial score (nSPS) is 11.3. The zero-order valence-electron chi connectivity index (χ0n) is 11.5. The van der Waals surface area contributed by atoms with Gasteiger partial charge in [0.25, 0.3) is 9.05 Å². The van der Waals surface area contributed by atoms with Crippen LogP contribution >= 0.6 is 10.7 Å². The Morgan fingerprint density at radius 1 is 1.20 bits per heavy atom. The molecule has 0 unspecified atom stereocenters. The molecule has 6 nitrogen and oxygen atoms in total. The van der Waals surface area contributed by atoms with Gasteiger partial charge in [-0.3, -0.25) is 0 Å². The lowest BCUT2D eigenvalue weighted by atomic mass is 10.2. The third-order valence-corrected chi connectivity index (χ3v) is 3.61. The summed E-state index contributed by atoms with van der Waals surface area (Å²) in [7, 11) is 3.83. The van der Waals surface area contributed by atoms with Gasteiger partial charge in [-0.05, 0) is 26.0 Å². The van der Waals surface area contributed by atoms with E-state index >= 15 is 0 Å². The second-order valence-electron chi connectivity index (χ2n) is 4.10. The SMILES string of the molecule is COc1cc(C(=O)OC(C)C)cc(S(=O)(=O)Cl)c1OC. The number of carbonyl (C=O) groups is 1. The Balaban J connectivity index is 3.47. The minimum absolute atomic E-state index is 0.00979. The van der Waals surface area contributed by atoms with Crippen molar-refractivity contribution in [1.29, 1.82) is 0 Å². The van der Waals surface area contributed by atoms with E-state index in [4.69, 9.17) is 24.9 Å². The van der Waals surface area contributed by atoms with E-state index in [-0.39, 0.29) is 28.1 Å². The summed E-state index contributed by atoms with van der Waals surface area (Å²) in [5.41, 5.74) is 0.00979. The van der Waals surface area contributed by atoms with E-state index in [2.05, 4.69) is 0 Å². The number of benzene rings is 1. The van der Waals surface area contributed by atoms with Gasteiger partial charge in [-0.2, -0.15) is 0 Å². The highest BCUT2D eigenvalue weighted by Gasteiger charge is 2.24. The van der Waals surface area contributed by atoms with Gasteiger partial charge in [-0.1, -0.05) is 0 Å². The van der Waals surface area contributed by atoms with Crippen molar-refractivity contribution in [3.8, 4) is 11.5 Å². The molecule has 0 bridgehead atoms. The van der Waals surface area contributed by atoms with Crippen molar-refractivity contribution in [2.75, 3.05) is 14.2 Å². The first kappa shape index (κ1) is 16.6. The number of carbonyl (C=O) groups excluding carboxylic acids is 1. The number of hydrogen-bond donors (Lipinski definition) is 0. The first-order chi connectivity index (χ1) is 9.20. The summed E-state index contributed by atoms with van der Waals surface area (Å²) in [6, 6.07) is 2.42. The lowest BCUT2D eigenvalue weighted by Gasteiger charge is -2.14. The van der Waals surface area contributed by atoms with Crippen LogP contribution in [0.4, 0.5) is 0 Å². The van der Waals surface area contributed by atoms with E-state index in [0.717, 1.165) is 6.07 Å². The third-order valence-electron chi connectivity index (χ3n) is 2.29. The number of ether oxygens (including phenoxy) is 3. The number of rotatable bonds is 5. The fourth-order valence-corrected chi connectivity index (χ4v) is 2.53. The van der Waals surface area contributed by atoms with Crippen LogP contribution < -0.4 is 9.47 Å². The highest BCUT2D eigenvalue weighted by Crippen LogP contribution is 2.37.